The molecule has 0 saturated carbocycles. The van der Waals surface area contributed by atoms with E-state index in [9.17, 15) is 0 Å². The van der Waals surface area contributed by atoms with Crippen molar-refractivity contribution in [3.8, 4) is 5.75 Å². The van der Waals surface area contributed by atoms with E-state index >= 15 is 0 Å². The molecule has 0 aliphatic heterocycles. The number of rotatable bonds is 11. The van der Waals surface area contributed by atoms with Crippen LogP contribution in [0.3, 0.4) is 0 Å². The van der Waals surface area contributed by atoms with Crippen LogP contribution in [0.5, 0.6) is 5.75 Å². The lowest BCUT2D eigenvalue weighted by atomic mass is 10.0. The number of hydrogen-bond acceptors (Lipinski definition) is 2. The zero-order chi connectivity index (χ0) is 14.6. The van der Waals surface area contributed by atoms with Crippen LogP contribution in [0.15, 0.2) is 18.2 Å². The van der Waals surface area contributed by atoms with Crippen molar-refractivity contribution in [3.63, 3.8) is 0 Å². The van der Waals surface area contributed by atoms with Gasteiger partial charge < -0.3 is 9.84 Å². The maximum atomic E-state index is 8.73. The van der Waals surface area contributed by atoms with E-state index in [-0.39, 0.29) is 13.2 Å². The fourth-order valence-electron chi connectivity index (χ4n) is 2.26. The number of benzene rings is 1. The maximum absolute atomic E-state index is 8.73. The van der Waals surface area contributed by atoms with Crippen molar-refractivity contribution in [2.45, 2.75) is 58.3 Å². The minimum absolute atomic E-state index is 0.0100. The average molecular weight is 299 g/mol. The van der Waals surface area contributed by atoms with Gasteiger partial charge in [-0.3, -0.25) is 0 Å². The summed E-state index contributed by atoms with van der Waals surface area (Å²) in [5.41, 5.74) is 1.26. The summed E-state index contributed by atoms with van der Waals surface area (Å²) < 4.78 is 5.34. The smallest absolute Gasteiger partial charge is 0.138 e. The molecule has 0 aliphatic rings. The van der Waals surface area contributed by atoms with Crippen molar-refractivity contribution in [1.29, 1.82) is 0 Å². The fourth-order valence-corrected chi connectivity index (χ4v) is 2.52. The van der Waals surface area contributed by atoms with Gasteiger partial charge in [-0.05, 0) is 30.5 Å². The third kappa shape index (κ3) is 7.16. The van der Waals surface area contributed by atoms with Crippen LogP contribution in [-0.2, 0) is 6.42 Å². The topological polar surface area (TPSA) is 29.5 Å². The standard InChI is InChI=1S/C17H27ClO2/c1-2-3-4-5-6-7-8-9-15-10-11-17(16(18)14-15)20-13-12-19/h10-11,14,19H,2-9,12-13H2,1H3. The zero-order valence-corrected chi connectivity index (χ0v) is 13.3. The van der Waals surface area contributed by atoms with Crippen molar-refractivity contribution >= 4 is 11.6 Å². The molecular weight excluding hydrogens is 272 g/mol. The third-order valence-corrected chi connectivity index (χ3v) is 3.71. The molecule has 0 radical (unpaired) electrons. The van der Waals surface area contributed by atoms with Crippen LogP contribution < -0.4 is 4.74 Å². The number of aryl methyl sites for hydroxylation is 1. The summed E-state index contributed by atoms with van der Waals surface area (Å²) in [6.07, 6.45) is 10.3. The summed E-state index contributed by atoms with van der Waals surface area (Å²) in [7, 11) is 0. The van der Waals surface area contributed by atoms with E-state index in [0.29, 0.717) is 10.8 Å². The first-order valence-electron chi connectivity index (χ1n) is 7.80. The molecule has 1 rings (SSSR count). The third-order valence-electron chi connectivity index (χ3n) is 3.41. The van der Waals surface area contributed by atoms with E-state index in [1.165, 1.54) is 50.5 Å². The minimum Gasteiger partial charge on any atom is -0.490 e. The van der Waals surface area contributed by atoms with Crippen molar-refractivity contribution in [3.05, 3.63) is 28.8 Å². The van der Waals surface area contributed by atoms with Crippen LogP contribution in [0.2, 0.25) is 5.02 Å². The highest BCUT2D eigenvalue weighted by atomic mass is 35.5. The molecule has 3 heteroatoms. The normalized spacial score (nSPS) is 10.8. The van der Waals surface area contributed by atoms with E-state index in [0.717, 1.165) is 6.42 Å². The quantitative estimate of drug-likeness (QED) is 0.582. The van der Waals surface area contributed by atoms with Gasteiger partial charge in [0, 0.05) is 0 Å². The van der Waals surface area contributed by atoms with Crippen LogP contribution in [0.4, 0.5) is 0 Å². The molecule has 0 spiro atoms. The first kappa shape index (κ1) is 17.3. The highest BCUT2D eigenvalue weighted by molar-refractivity contribution is 6.32. The van der Waals surface area contributed by atoms with Gasteiger partial charge in [0.2, 0.25) is 0 Å². The largest absolute Gasteiger partial charge is 0.490 e. The molecular formula is C17H27ClO2. The Morgan fingerprint density at radius 3 is 2.40 bits per heavy atom. The van der Waals surface area contributed by atoms with Gasteiger partial charge in [-0.25, -0.2) is 0 Å². The Kier molecular flexibility index (Phi) is 9.52. The zero-order valence-electron chi connectivity index (χ0n) is 12.5. The minimum atomic E-state index is 0.0100. The van der Waals surface area contributed by atoms with Crippen molar-refractivity contribution < 1.29 is 9.84 Å². The van der Waals surface area contributed by atoms with E-state index in [2.05, 4.69) is 13.0 Å². The molecule has 1 aromatic carbocycles. The second-order valence-electron chi connectivity index (χ2n) is 5.21. The highest BCUT2D eigenvalue weighted by Gasteiger charge is 2.03. The molecule has 0 amide bonds. The first-order chi connectivity index (χ1) is 9.77. The molecule has 0 atom stereocenters. The summed E-state index contributed by atoms with van der Waals surface area (Å²) in [5, 5.41) is 9.36. The molecule has 1 N–H and O–H groups in total. The summed E-state index contributed by atoms with van der Waals surface area (Å²) in [5.74, 6) is 0.657. The Balaban J connectivity index is 2.22. The first-order valence-corrected chi connectivity index (χ1v) is 8.17. The molecule has 114 valence electrons. The Morgan fingerprint density at radius 1 is 1.05 bits per heavy atom. The average Bonchev–Trinajstić information content (AvgIpc) is 2.45. The maximum Gasteiger partial charge on any atom is 0.138 e. The number of aliphatic hydroxyl groups is 1. The lowest BCUT2D eigenvalue weighted by molar-refractivity contribution is 0.201. The van der Waals surface area contributed by atoms with E-state index < -0.39 is 0 Å². The van der Waals surface area contributed by atoms with Gasteiger partial charge in [-0.1, -0.05) is 63.1 Å². The fraction of sp³-hybridized carbons (Fsp3) is 0.647. The van der Waals surface area contributed by atoms with Gasteiger partial charge in [0.1, 0.15) is 12.4 Å². The van der Waals surface area contributed by atoms with Crippen LogP contribution in [0.25, 0.3) is 0 Å². The van der Waals surface area contributed by atoms with Gasteiger partial charge in [-0.2, -0.15) is 0 Å². The van der Waals surface area contributed by atoms with E-state index in [4.69, 9.17) is 21.4 Å². The molecule has 0 bridgehead atoms. The highest BCUT2D eigenvalue weighted by Crippen LogP contribution is 2.26. The molecule has 20 heavy (non-hydrogen) atoms. The molecule has 1 aromatic rings. The molecule has 0 aromatic heterocycles. The van der Waals surface area contributed by atoms with Crippen LogP contribution in [0, 0.1) is 0 Å². The van der Waals surface area contributed by atoms with Gasteiger partial charge >= 0.3 is 0 Å². The second-order valence-corrected chi connectivity index (χ2v) is 5.62. The van der Waals surface area contributed by atoms with Gasteiger partial charge in [-0.15, -0.1) is 0 Å². The van der Waals surface area contributed by atoms with Crippen molar-refractivity contribution in [2.24, 2.45) is 0 Å². The van der Waals surface area contributed by atoms with Crippen molar-refractivity contribution in [2.75, 3.05) is 13.2 Å². The lowest BCUT2D eigenvalue weighted by Gasteiger charge is -2.08. The number of halogens is 1. The molecule has 2 nitrogen and oxygen atoms in total. The Morgan fingerprint density at radius 2 is 1.75 bits per heavy atom. The van der Waals surface area contributed by atoms with Crippen LogP contribution in [0.1, 0.15) is 57.4 Å². The number of hydrogen-bond donors (Lipinski definition) is 1. The Labute approximate surface area is 128 Å². The second kappa shape index (κ2) is 11.0. The van der Waals surface area contributed by atoms with Gasteiger partial charge in [0.25, 0.3) is 0 Å². The summed E-state index contributed by atoms with van der Waals surface area (Å²) >= 11 is 6.16. The Bertz CT molecular complexity index is 366. The number of unbranched alkanes of at least 4 members (excludes halogenated alkanes) is 6. The molecule has 0 unspecified atom stereocenters. The number of ether oxygens (including phenoxy) is 1. The van der Waals surface area contributed by atoms with Crippen LogP contribution in [-0.4, -0.2) is 18.3 Å². The number of aliphatic hydroxyl groups excluding tert-OH is 1. The van der Waals surface area contributed by atoms with Crippen LogP contribution >= 0.6 is 11.6 Å². The summed E-state index contributed by atoms with van der Waals surface area (Å²) in [6.45, 7) is 2.55. The van der Waals surface area contributed by atoms with E-state index in [1.54, 1.807) is 0 Å². The Hall–Kier alpha value is -0.730. The van der Waals surface area contributed by atoms with Gasteiger partial charge in [0.15, 0.2) is 0 Å². The predicted molar refractivity (Wildman–Crippen MR) is 85.7 cm³/mol. The molecule has 0 aliphatic carbocycles. The summed E-state index contributed by atoms with van der Waals surface area (Å²) in [4.78, 5) is 0. The summed E-state index contributed by atoms with van der Waals surface area (Å²) in [6, 6.07) is 5.94. The van der Waals surface area contributed by atoms with E-state index in [1.807, 2.05) is 12.1 Å². The SMILES string of the molecule is CCCCCCCCCc1ccc(OCCO)c(Cl)c1. The molecule has 0 heterocycles. The molecule has 0 fully saturated rings. The van der Waals surface area contributed by atoms with Crippen molar-refractivity contribution in [1.82, 2.24) is 0 Å². The lowest BCUT2D eigenvalue weighted by Crippen LogP contribution is -2.02. The molecule has 0 saturated heterocycles. The monoisotopic (exact) mass is 298 g/mol. The predicted octanol–water partition coefficient (Wildman–Crippen LogP) is 5.00. The van der Waals surface area contributed by atoms with Gasteiger partial charge in [0.05, 0.1) is 11.6 Å².